The molecule has 150 valence electrons. The molecule has 0 spiro atoms. The molecule has 5 heteroatoms. The number of anilines is 2. The molecule has 0 aromatic heterocycles. The van der Waals surface area contributed by atoms with Crippen LogP contribution in [0.5, 0.6) is 5.75 Å². The second-order valence-corrected chi connectivity index (χ2v) is 7.68. The molecule has 0 amide bonds. The summed E-state index contributed by atoms with van der Waals surface area (Å²) in [4.78, 5) is 7.65. The van der Waals surface area contributed by atoms with Crippen molar-refractivity contribution in [2.24, 2.45) is 0 Å². The lowest BCUT2D eigenvalue weighted by atomic mass is 10.1. The highest BCUT2D eigenvalue weighted by Gasteiger charge is 2.19. The lowest BCUT2D eigenvalue weighted by molar-refractivity contribution is 0.285. The first kappa shape index (κ1) is 19.1. The first-order valence-corrected chi connectivity index (χ1v) is 10.5. The fourth-order valence-corrected chi connectivity index (χ4v) is 4.28. The SMILES string of the molecule is COc1ccc(N2CCCN(Cc3ccccc3N3CCNCC3)CC2)cc1. The fourth-order valence-electron chi connectivity index (χ4n) is 4.28. The minimum absolute atomic E-state index is 0.921. The van der Waals surface area contributed by atoms with Gasteiger partial charge in [0.2, 0.25) is 0 Å². The number of piperazine rings is 1. The summed E-state index contributed by atoms with van der Waals surface area (Å²) < 4.78 is 5.29. The number of rotatable bonds is 5. The number of hydrogen-bond donors (Lipinski definition) is 1. The summed E-state index contributed by atoms with van der Waals surface area (Å²) >= 11 is 0. The van der Waals surface area contributed by atoms with Crippen molar-refractivity contribution in [1.29, 1.82) is 0 Å². The van der Waals surface area contributed by atoms with E-state index in [-0.39, 0.29) is 0 Å². The maximum atomic E-state index is 5.29. The van der Waals surface area contributed by atoms with E-state index >= 15 is 0 Å². The summed E-state index contributed by atoms with van der Waals surface area (Å²) in [5.74, 6) is 0.921. The number of para-hydroxylation sites is 1. The molecule has 0 bridgehead atoms. The van der Waals surface area contributed by atoms with Crippen molar-refractivity contribution in [2.75, 3.05) is 69.3 Å². The zero-order valence-electron chi connectivity index (χ0n) is 16.9. The molecule has 1 N–H and O–H groups in total. The van der Waals surface area contributed by atoms with E-state index in [1.807, 2.05) is 0 Å². The van der Waals surface area contributed by atoms with Gasteiger partial charge in [-0.3, -0.25) is 4.90 Å². The molecule has 2 aromatic rings. The number of hydrogen-bond acceptors (Lipinski definition) is 5. The molecule has 2 aromatic carbocycles. The Balaban J connectivity index is 1.40. The summed E-state index contributed by atoms with van der Waals surface area (Å²) in [6.07, 6.45) is 1.20. The molecular weight excluding hydrogens is 348 g/mol. The second kappa shape index (κ2) is 9.30. The molecule has 2 aliphatic rings. The number of benzene rings is 2. The topological polar surface area (TPSA) is 31.0 Å². The summed E-state index contributed by atoms with van der Waals surface area (Å²) in [5, 5.41) is 3.46. The number of nitrogens with one attached hydrogen (secondary N) is 1. The van der Waals surface area contributed by atoms with E-state index in [0.717, 1.165) is 64.7 Å². The van der Waals surface area contributed by atoms with E-state index in [1.165, 1.54) is 23.4 Å². The van der Waals surface area contributed by atoms with Crippen LogP contribution in [0.3, 0.4) is 0 Å². The Bertz CT molecular complexity index is 743. The molecule has 2 heterocycles. The molecule has 0 saturated carbocycles. The summed E-state index contributed by atoms with van der Waals surface area (Å²) in [6.45, 7) is 9.83. The van der Waals surface area contributed by atoms with Crippen molar-refractivity contribution in [1.82, 2.24) is 10.2 Å². The van der Waals surface area contributed by atoms with Crippen LogP contribution in [0.1, 0.15) is 12.0 Å². The van der Waals surface area contributed by atoms with E-state index in [0.29, 0.717) is 0 Å². The van der Waals surface area contributed by atoms with Crippen molar-refractivity contribution in [3.63, 3.8) is 0 Å². The number of methoxy groups -OCH3 is 1. The average Bonchev–Trinajstić information content (AvgIpc) is 3.00. The molecule has 0 atom stereocenters. The van der Waals surface area contributed by atoms with E-state index < -0.39 is 0 Å². The summed E-state index contributed by atoms with van der Waals surface area (Å²) in [7, 11) is 1.72. The van der Waals surface area contributed by atoms with Crippen molar-refractivity contribution in [3.8, 4) is 5.75 Å². The maximum Gasteiger partial charge on any atom is 0.119 e. The van der Waals surface area contributed by atoms with Crippen molar-refractivity contribution in [3.05, 3.63) is 54.1 Å². The zero-order valence-corrected chi connectivity index (χ0v) is 16.9. The summed E-state index contributed by atoms with van der Waals surface area (Å²) in [5.41, 5.74) is 4.17. The van der Waals surface area contributed by atoms with Gasteiger partial charge in [-0.05, 0) is 42.3 Å². The third-order valence-corrected chi connectivity index (χ3v) is 5.87. The Kier molecular flexibility index (Phi) is 6.34. The third-order valence-electron chi connectivity index (χ3n) is 5.87. The minimum Gasteiger partial charge on any atom is -0.497 e. The molecule has 5 nitrogen and oxygen atoms in total. The van der Waals surface area contributed by atoms with Gasteiger partial charge in [-0.1, -0.05) is 18.2 Å². The van der Waals surface area contributed by atoms with Crippen LogP contribution in [0, 0.1) is 0 Å². The van der Waals surface area contributed by atoms with E-state index in [1.54, 1.807) is 7.11 Å². The van der Waals surface area contributed by atoms with Crippen LogP contribution in [-0.2, 0) is 6.54 Å². The van der Waals surface area contributed by atoms with Crippen LogP contribution in [-0.4, -0.2) is 64.4 Å². The highest BCUT2D eigenvalue weighted by atomic mass is 16.5. The molecular formula is C23H32N4O. The average molecular weight is 381 g/mol. The van der Waals surface area contributed by atoms with E-state index in [2.05, 4.69) is 68.5 Å². The van der Waals surface area contributed by atoms with Crippen molar-refractivity contribution in [2.45, 2.75) is 13.0 Å². The van der Waals surface area contributed by atoms with Crippen LogP contribution < -0.4 is 19.9 Å². The first-order chi connectivity index (χ1) is 13.8. The number of nitrogens with zero attached hydrogens (tertiary/aromatic N) is 3. The number of ether oxygens (including phenoxy) is 1. The zero-order chi connectivity index (χ0) is 19.2. The van der Waals surface area contributed by atoms with Gasteiger partial charge >= 0.3 is 0 Å². The van der Waals surface area contributed by atoms with Gasteiger partial charge in [0.25, 0.3) is 0 Å². The standard InChI is InChI=1S/C23H32N4O/c1-28-22-9-7-21(8-10-22)26-14-4-13-25(17-18-26)19-20-5-2-3-6-23(20)27-15-11-24-12-16-27/h2-3,5-10,24H,4,11-19H2,1H3. The quantitative estimate of drug-likeness (QED) is 0.862. The van der Waals surface area contributed by atoms with Gasteiger partial charge < -0.3 is 19.9 Å². The lowest BCUT2D eigenvalue weighted by Gasteiger charge is -2.32. The first-order valence-electron chi connectivity index (χ1n) is 10.5. The minimum atomic E-state index is 0.921. The highest BCUT2D eigenvalue weighted by Crippen LogP contribution is 2.24. The van der Waals surface area contributed by atoms with Crippen LogP contribution in [0.4, 0.5) is 11.4 Å². The fraction of sp³-hybridized carbons (Fsp3) is 0.478. The van der Waals surface area contributed by atoms with Gasteiger partial charge in [0.05, 0.1) is 7.11 Å². The van der Waals surface area contributed by atoms with Crippen LogP contribution in [0.25, 0.3) is 0 Å². The van der Waals surface area contributed by atoms with E-state index in [9.17, 15) is 0 Å². The smallest absolute Gasteiger partial charge is 0.119 e. The molecule has 2 fully saturated rings. The van der Waals surface area contributed by atoms with Crippen molar-refractivity contribution >= 4 is 11.4 Å². The molecule has 2 saturated heterocycles. The third kappa shape index (κ3) is 4.59. The predicted octanol–water partition coefficient (Wildman–Crippen LogP) is 2.82. The van der Waals surface area contributed by atoms with Crippen LogP contribution >= 0.6 is 0 Å². The van der Waals surface area contributed by atoms with Crippen LogP contribution in [0.2, 0.25) is 0 Å². The van der Waals surface area contributed by atoms with Gasteiger partial charge in [0, 0.05) is 70.3 Å². The Morgan fingerprint density at radius 3 is 2.39 bits per heavy atom. The predicted molar refractivity (Wildman–Crippen MR) is 117 cm³/mol. The van der Waals surface area contributed by atoms with Crippen LogP contribution in [0.15, 0.2) is 48.5 Å². The van der Waals surface area contributed by atoms with Gasteiger partial charge in [-0.2, -0.15) is 0 Å². The Labute approximate surface area is 168 Å². The molecule has 0 aliphatic carbocycles. The highest BCUT2D eigenvalue weighted by molar-refractivity contribution is 5.54. The normalized spacial score (nSPS) is 18.8. The van der Waals surface area contributed by atoms with Gasteiger partial charge in [0.1, 0.15) is 5.75 Å². The monoisotopic (exact) mass is 380 g/mol. The molecule has 28 heavy (non-hydrogen) atoms. The Hall–Kier alpha value is -2.24. The van der Waals surface area contributed by atoms with Gasteiger partial charge in [-0.15, -0.1) is 0 Å². The molecule has 2 aliphatic heterocycles. The van der Waals surface area contributed by atoms with Crippen molar-refractivity contribution < 1.29 is 4.74 Å². The molecule has 4 rings (SSSR count). The molecule has 0 unspecified atom stereocenters. The Morgan fingerprint density at radius 2 is 1.61 bits per heavy atom. The maximum absolute atomic E-state index is 5.29. The summed E-state index contributed by atoms with van der Waals surface area (Å²) in [6, 6.07) is 17.4. The van der Waals surface area contributed by atoms with E-state index in [4.69, 9.17) is 4.74 Å². The lowest BCUT2D eigenvalue weighted by Crippen LogP contribution is -2.44. The van der Waals surface area contributed by atoms with Gasteiger partial charge in [0.15, 0.2) is 0 Å². The second-order valence-electron chi connectivity index (χ2n) is 7.68. The molecule has 0 radical (unpaired) electrons. The van der Waals surface area contributed by atoms with Gasteiger partial charge in [-0.25, -0.2) is 0 Å². The largest absolute Gasteiger partial charge is 0.497 e. The Morgan fingerprint density at radius 1 is 0.821 bits per heavy atom.